The Bertz CT molecular complexity index is 498. The van der Waals surface area contributed by atoms with Gasteiger partial charge in [-0.05, 0) is 18.4 Å². The van der Waals surface area contributed by atoms with E-state index in [9.17, 15) is 0 Å². The number of ether oxygens (including phenoxy) is 1. The lowest BCUT2D eigenvalue weighted by Gasteiger charge is -2.23. The molecule has 1 atom stereocenters. The van der Waals surface area contributed by atoms with E-state index in [0.29, 0.717) is 6.04 Å². The van der Waals surface area contributed by atoms with Crippen LogP contribution in [0.5, 0.6) is 0 Å². The number of hydrogen-bond acceptors (Lipinski definition) is 6. The Morgan fingerprint density at radius 3 is 3.05 bits per heavy atom. The minimum absolute atomic E-state index is 0.357. The van der Waals surface area contributed by atoms with Gasteiger partial charge in [0.2, 0.25) is 0 Å². The van der Waals surface area contributed by atoms with Crippen molar-refractivity contribution in [3.63, 3.8) is 0 Å². The van der Waals surface area contributed by atoms with Crippen molar-refractivity contribution in [2.45, 2.75) is 19.5 Å². The molecule has 0 aromatic carbocycles. The molecule has 2 aromatic heterocycles. The van der Waals surface area contributed by atoms with Gasteiger partial charge in [-0.25, -0.2) is 4.98 Å². The number of thiophene rings is 1. The fourth-order valence-electron chi connectivity index (χ4n) is 1.81. The molecule has 4 nitrogen and oxygen atoms in total. The van der Waals surface area contributed by atoms with Crippen molar-refractivity contribution in [3.8, 4) is 0 Å². The molecule has 0 fully saturated rings. The van der Waals surface area contributed by atoms with Crippen LogP contribution in [0, 0.1) is 0 Å². The van der Waals surface area contributed by atoms with Gasteiger partial charge in [0.05, 0.1) is 12.6 Å². The van der Waals surface area contributed by atoms with Crippen LogP contribution in [0.3, 0.4) is 0 Å². The van der Waals surface area contributed by atoms with Gasteiger partial charge in [-0.2, -0.15) is 0 Å². The summed E-state index contributed by atoms with van der Waals surface area (Å²) in [4.78, 5) is 9.37. The summed E-state index contributed by atoms with van der Waals surface area (Å²) < 4.78 is 5.01. The van der Waals surface area contributed by atoms with E-state index in [4.69, 9.17) is 4.74 Å². The monoisotopic (exact) mass is 311 g/mol. The smallest absolute Gasteiger partial charge is 0.185 e. The lowest BCUT2D eigenvalue weighted by atomic mass is 10.2. The highest BCUT2D eigenvalue weighted by molar-refractivity contribution is 7.15. The van der Waals surface area contributed by atoms with Gasteiger partial charge in [-0.1, -0.05) is 6.07 Å². The highest BCUT2D eigenvalue weighted by Crippen LogP contribution is 2.30. The zero-order chi connectivity index (χ0) is 14.4. The number of rotatable bonds is 8. The van der Waals surface area contributed by atoms with Gasteiger partial charge < -0.3 is 15.0 Å². The van der Waals surface area contributed by atoms with Crippen molar-refractivity contribution in [1.29, 1.82) is 0 Å². The van der Waals surface area contributed by atoms with Crippen molar-refractivity contribution >= 4 is 27.8 Å². The Labute approximate surface area is 128 Å². The second kappa shape index (κ2) is 7.73. The van der Waals surface area contributed by atoms with E-state index >= 15 is 0 Å². The van der Waals surface area contributed by atoms with Crippen LogP contribution in [0.1, 0.15) is 22.7 Å². The first kappa shape index (κ1) is 15.4. The number of hydrogen-bond donors (Lipinski definition) is 1. The number of methoxy groups -OCH3 is 1. The number of anilines is 1. The van der Waals surface area contributed by atoms with E-state index in [0.717, 1.165) is 24.8 Å². The summed E-state index contributed by atoms with van der Waals surface area (Å²) in [5, 5.41) is 6.52. The average Bonchev–Trinajstić information content (AvgIpc) is 3.13. The summed E-state index contributed by atoms with van der Waals surface area (Å²) >= 11 is 3.53. The fourth-order valence-corrected chi connectivity index (χ4v) is 3.56. The van der Waals surface area contributed by atoms with Gasteiger partial charge in [0, 0.05) is 43.2 Å². The first-order valence-corrected chi connectivity index (χ1v) is 8.32. The molecule has 0 aliphatic carbocycles. The van der Waals surface area contributed by atoms with Gasteiger partial charge in [-0.3, -0.25) is 0 Å². The number of aromatic nitrogens is 1. The molecule has 0 radical (unpaired) electrons. The molecule has 110 valence electrons. The second-order valence-electron chi connectivity index (χ2n) is 4.58. The van der Waals surface area contributed by atoms with E-state index in [1.807, 2.05) is 6.20 Å². The molecule has 0 saturated carbocycles. The maximum atomic E-state index is 5.01. The van der Waals surface area contributed by atoms with Crippen LogP contribution in [-0.4, -0.2) is 32.3 Å². The van der Waals surface area contributed by atoms with E-state index in [1.54, 1.807) is 29.8 Å². The van der Waals surface area contributed by atoms with Gasteiger partial charge in [-0.15, -0.1) is 22.7 Å². The summed E-state index contributed by atoms with van der Waals surface area (Å²) in [6.07, 6.45) is 1.96. The van der Waals surface area contributed by atoms with Gasteiger partial charge >= 0.3 is 0 Å². The summed E-state index contributed by atoms with van der Waals surface area (Å²) in [5.41, 5.74) is 0. The molecule has 20 heavy (non-hydrogen) atoms. The lowest BCUT2D eigenvalue weighted by molar-refractivity contribution is 0.199. The Kier molecular flexibility index (Phi) is 5.97. The fraction of sp³-hybridized carbons (Fsp3) is 0.500. The third kappa shape index (κ3) is 4.02. The topological polar surface area (TPSA) is 37.4 Å². The molecular formula is C14H21N3OS2. The second-order valence-corrected chi connectivity index (χ2v) is 6.65. The van der Waals surface area contributed by atoms with Crippen LogP contribution in [0.2, 0.25) is 0 Å². The van der Waals surface area contributed by atoms with E-state index < -0.39 is 0 Å². The first-order chi connectivity index (χ1) is 9.72. The Balaban J connectivity index is 1.91. The van der Waals surface area contributed by atoms with Crippen molar-refractivity contribution < 1.29 is 4.74 Å². The summed E-state index contributed by atoms with van der Waals surface area (Å²) in [6, 6.07) is 4.62. The van der Waals surface area contributed by atoms with Crippen LogP contribution >= 0.6 is 22.7 Å². The summed E-state index contributed by atoms with van der Waals surface area (Å²) in [5.74, 6) is 0. The molecule has 2 rings (SSSR count). The van der Waals surface area contributed by atoms with Crippen molar-refractivity contribution in [1.82, 2.24) is 10.3 Å². The summed E-state index contributed by atoms with van der Waals surface area (Å²) in [6.45, 7) is 4.66. The molecule has 2 heterocycles. The largest absolute Gasteiger partial charge is 0.383 e. The molecule has 2 aromatic rings. The molecule has 1 unspecified atom stereocenters. The Hall–Kier alpha value is -0.950. The molecular weight excluding hydrogens is 290 g/mol. The minimum atomic E-state index is 0.357. The van der Waals surface area contributed by atoms with Crippen LogP contribution < -0.4 is 10.2 Å². The standard InChI is InChI=1S/C14H21N3OS2/c1-11(13-5-4-8-19-13)17(2)14-16-10-12(20-14)9-15-6-7-18-3/h4-5,8,10-11,15H,6-7,9H2,1-3H3. The van der Waals surface area contributed by atoms with Crippen molar-refractivity contribution in [2.24, 2.45) is 0 Å². The van der Waals surface area contributed by atoms with E-state index in [2.05, 4.69) is 46.7 Å². The minimum Gasteiger partial charge on any atom is -0.383 e. The number of thiazole rings is 1. The maximum Gasteiger partial charge on any atom is 0.185 e. The van der Waals surface area contributed by atoms with Gasteiger partial charge in [0.15, 0.2) is 5.13 Å². The molecule has 0 aliphatic rings. The van der Waals surface area contributed by atoms with Crippen LogP contribution in [-0.2, 0) is 11.3 Å². The highest BCUT2D eigenvalue weighted by atomic mass is 32.1. The Morgan fingerprint density at radius 1 is 1.50 bits per heavy atom. The summed E-state index contributed by atoms with van der Waals surface area (Å²) in [7, 11) is 3.82. The normalized spacial score (nSPS) is 12.6. The Morgan fingerprint density at radius 2 is 2.35 bits per heavy atom. The number of nitrogens with one attached hydrogen (secondary N) is 1. The molecule has 1 N–H and O–H groups in total. The molecule has 6 heteroatoms. The van der Waals surface area contributed by atoms with Crippen molar-refractivity contribution in [3.05, 3.63) is 33.5 Å². The molecule has 0 spiro atoms. The quantitative estimate of drug-likeness (QED) is 0.760. The van der Waals surface area contributed by atoms with E-state index in [1.165, 1.54) is 9.75 Å². The predicted molar refractivity (Wildman–Crippen MR) is 86.8 cm³/mol. The van der Waals surface area contributed by atoms with Crippen LogP contribution in [0.25, 0.3) is 0 Å². The van der Waals surface area contributed by atoms with E-state index in [-0.39, 0.29) is 0 Å². The van der Waals surface area contributed by atoms with Crippen LogP contribution in [0.4, 0.5) is 5.13 Å². The SMILES string of the molecule is COCCNCc1cnc(N(C)C(C)c2cccs2)s1. The lowest BCUT2D eigenvalue weighted by Crippen LogP contribution is -2.20. The molecule has 0 bridgehead atoms. The van der Waals surface area contributed by atoms with Crippen LogP contribution in [0.15, 0.2) is 23.7 Å². The molecule has 0 saturated heterocycles. The predicted octanol–water partition coefficient (Wildman–Crippen LogP) is 3.14. The third-order valence-corrected chi connectivity index (χ3v) is 5.29. The van der Waals surface area contributed by atoms with Gasteiger partial charge in [0.1, 0.15) is 0 Å². The molecule has 0 amide bonds. The highest BCUT2D eigenvalue weighted by Gasteiger charge is 2.16. The number of nitrogens with zero attached hydrogens (tertiary/aromatic N) is 2. The van der Waals surface area contributed by atoms with Crippen molar-refractivity contribution in [2.75, 3.05) is 32.2 Å². The third-order valence-electron chi connectivity index (χ3n) is 3.16. The zero-order valence-electron chi connectivity index (χ0n) is 12.1. The van der Waals surface area contributed by atoms with Gasteiger partial charge in [0.25, 0.3) is 0 Å². The maximum absolute atomic E-state index is 5.01. The zero-order valence-corrected chi connectivity index (χ0v) is 13.8. The molecule has 0 aliphatic heterocycles. The average molecular weight is 311 g/mol. The first-order valence-electron chi connectivity index (χ1n) is 6.63.